The van der Waals surface area contributed by atoms with E-state index in [1.165, 1.54) is 4.88 Å². The van der Waals surface area contributed by atoms with Crippen LogP contribution in [-0.4, -0.2) is 32.7 Å². The summed E-state index contributed by atoms with van der Waals surface area (Å²) in [6, 6.07) is 4.27. The van der Waals surface area contributed by atoms with Crippen molar-refractivity contribution in [1.29, 1.82) is 0 Å². The fourth-order valence-corrected chi connectivity index (χ4v) is 3.12. The van der Waals surface area contributed by atoms with Gasteiger partial charge in [0.05, 0.1) is 19.2 Å². The molecule has 2 N–H and O–H groups in total. The molecule has 6 heteroatoms. The molecular formula is C15H27ClN2O2S. The van der Waals surface area contributed by atoms with Gasteiger partial charge in [-0.1, -0.05) is 32.8 Å². The maximum absolute atomic E-state index is 12.0. The molecule has 0 aliphatic heterocycles. The van der Waals surface area contributed by atoms with E-state index in [-0.39, 0.29) is 24.4 Å². The summed E-state index contributed by atoms with van der Waals surface area (Å²) >= 11 is 1.71. The second-order valence-corrected chi connectivity index (χ2v) is 5.79. The van der Waals surface area contributed by atoms with E-state index in [9.17, 15) is 4.79 Å². The van der Waals surface area contributed by atoms with Crippen LogP contribution in [0.3, 0.4) is 0 Å². The minimum absolute atomic E-state index is 0. The Morgan fingerprint density at radius 2 is 2.10 bits per heavy atom. The lowest BCUT2D eigenvalue weighted by atomic mass is 9.93. The van der Waals surface area contributed by atoms with Gasteiger partial charge in [-0.25, -0.2) is 0 Å². The Balaban J connectivity index is 0.00000400. The fraction of sp³-hybridized carbons (Fsp3) is 0.667. The number of rotatable bonds is 10. The summed E-state index contributed by atoms with van der Waals surface area (Å²) in [4.78, 5) is 13.3. The van der Waals surface area contributed by atoms with E-state index in [2.05, 4.69) is 35.9 Å². The molecule has 1 aromatic rings. The molecule has 21 heavy (non-hydrogen) atoms. The van der Waals surface area contributed by atoms with Crippen molar-refractivity contribution < 1.29 is 9.53 Å². The first-order valence-electron chi connectivity index (χ1n) is 7.25. The molecule has 1 rings (SSSR count). The van der Waals surface area contributed by atoms with E-state index in [1.54, 1.807) is 18.4 Å². The third-order valence-electron chi connectivity index (χ3n) is 3.45. The van der Waals surface area contributed by atoms with Crippen molar-refractivity contribution >= 4 is 29.7 Å². The van der Waals surface area contributed by atoms with Gasteiger partial charge in [0.25, 0.3) is 0 Å². The van der Waals surface area contributed by atoms with Crippen molar-refractivity contribution in [2.75, 3.05) is 26.8 Å². The van der Waals surface area contributed by atoms with Crippen molar-refractivity contribution in [1.82, 2.24) is 10.6 Å². The Morgan fingerprint density at radius 1 is 1.38 bits per heavy atom. The van der Waals surface area contributed by atoms with Gasteiger partial charge in [0, 0.05) is 18.5 Å². The van der Waals surface area contributed by atoms with Crippen LogP contribution in [0.25, 0.3) is 0 Å². The summed E-state index contributed by atoms with van der Waals surface area (Å²) < 4.78 is 4.94. The number of thiophene rings is 1. The van der Waals surface area contributed by atoms with Gasteiger partial charge in [0.15, 0.2) is 0 Å². The van der Waals surface area contributed by atoms with Crippen LogP contribution in [0.5, 0.6) is 0 Å². The monoisotopic (exact) mass is 334 g/mol. The first-order valence-corrected chi connectivity index (χ1v) is 8.13. The second-order valence-electron chi connectivity index (χ2n) is 4.81. The molecule has 1 heterocycles. The lowest BCUT2D eigenvalue weighted by Gasteiger charge is -2.25. The first kappa shape index (κ1) is 20.4. The molecule has 1 unspecified atom stereocenters. The van der Waals surface area contributed by atoms with Gasteiger partial charge in [-0.15, -0.1) is 23.7 Å². The molecule has 122 valence electrons. The predicted molar refractivity (Wildman–Crippen MR) is 91.3 cm³/mol. The number of amides is 1. The van der Waals surface area contributed by atoms with Gasteiger partial charge in [0.1, 0.15) is 0 Å². The van der Waals surface area contributed by atoms with Crippen LogP contribution in [0.15, 0.2) is 17.5 Å². The van der Waals surface area contributed by atoms with Crippen molar-refractivity contribution in [2.24, 2.45) is 5.92 Å². The maximum atomic E-state index is 12.0. The van der Waals surface area contributed by atoms with Crippen LogP contribution in [0.1, 0.15) is 37.6 Å². The minimum Gasteiger partial charge on any atom is -0.383 e. The SMILES string of the molecule is CCC(CC)C(NC(=O)CNCCOC)c1cccs1.Cl. The summed E-state index contributed by atoms with van der Waals surface area (Å²) in [7, 11) is 1.65. The predicted octanol–water partition coefficient (Wildman–Crippen LogP) is 3.00. The summed E-state index contributed by atoms with van der Waals surface area (Å²) in [6.07, 6.45) is 2.13. The molecule has 0 bridgehead atoms. The van der Waals surface area contributed by atoms with Crippen molar-refractivity contribution in [3.8, 4) is 0 Å². The van der Waals surface area contributed by atoms with Crippen molar-refractivity contribution in [2.45, 2.75) is 32.7 Å². The molecule has 0 aromatic carbocycles. The summed E-state index contributed by atoms with van der Waals surface area (Å²) in [5.41, 5.74) is 0. The summed E-state index contributed by atoms with van der Waals surface area (Å²) in [6.45, 7) is 6.01. The zero-order chi connectivity index (χ0) is 14.8. The number of carbonyl (C=O) groups is 1. The molecule has 1 aromatic heterocycles. The van der Waals surface area contributed by atoms with Gasteiger partial charge < -0.3 is 15.4 Å². The normalized spacial score (nSPS) is 12.0. The average molecular weight is 335 g/mol. The number of hydrogen-bond donors (Lipinski definition) is 2. The first-order chi connectivity index (χ1) is 9.72. The van der Waals surface area contributed by atoms with E-state index >= 15 is 0 Å². The van der Waals surface area contributed by atoms with E-state index < -0.39 is 0 Å². The lowest BCUT2D eigenvalue weighted by molar-refractivity contribution is -0.121. The summed E-state index contributed by atoms with van der Waals surface area (Å²) in [5.74, 6) is 0.531. The van der Waals surface area contributed by atoms with Gasteiger partial charge in [-0.2, -0.15) is 0 Å². The van der Waals surface area contributed by atoms with Gasteiger partial charge >= 0.3 is 0 Å². The van der Waals surface area contributed by atoms with E-state index in [0.29, 0.717) is 25.6 Å². The number of carbonyl (C=O) groups excluding carboxylic acids is 1. The van der Waals surface area contributed by atoms with Crippen LogP contribution in [0.2, 0.25) is 0 Å². The highest BCUT2D eigenvalue weighted by molar-refractivity contribution is 7.10. The molecule has 0 radical (unpaired) electrons. The highest BCUT2D eigenvalue weighted by Gasteiger charge is 2.22. The Bertz CT molecular complexity index is 370. The Hall–Kier alpha value is -0.620. The topological polar surface area (TPSA) is 50.4 Å². The fourth-order valence-electron chi connectivity index (χ4n) is 2.25. The van der Waals surface area contributed by atoms with E-state index in [1.807, 2.05) is 6.07 Å². The number of hydrogen-bond acceptors (Lipinski definition) is 4. The third-order valence-corrected chi connectivity index (χ3v) is 4.41. The highest BCUT2D eigenvalue weighted by atomic mass is 35.5. The molecule has 4 nitrogen and oxygen atoms in total. The zero-order valence-electron chi connectivity index (χ0n) is 13.1. The molecule has 0 fully saturated rings. The van der Waals surface area contributed by atoms with Gasteiger partial charge in [-0.3, -0.25) is 4.79 Å². The molecule has 0 saturated heterocycles. The van der Waals surface area contributed by atoms with Gasteiger partial charge in [-0.05, 0) is 17.4 Å². The smallest absolute Gasteiger partial charge is 0.234 e. The second kappa shape index (κ2) is 12.0. The van der Waals surface area contributed by atoms with Crippen LogP contribution >= 0.6 is 23.7 Å². The van der Waals surface area contributed by atoms with Crippen LogP contribution in [0.4, 0.5) is 0 Å². The Labute approximate surface area is 138 Å². The lowest BCUT2D eigenvalue weighted by Crippen LogP contribution is -2.39. The quantitative estimate of drug-likeness (QED) is 0.647. The van der Waals surface area contributed by atoms with Crippen LogP contribution in [-0.2, 0) is 9.53 Å². The maximum Gasteiger partial charge on any atom is 0.234 e. The minimum atomic E-state index is 0. The number of ether oxygens (including phenoxy) is 1. The van der Waals surface area contributed by atoms with Crippen molar-refractivity contribution in [3.63, 3.8) is 0 Å². The van der Waals surface area contributed by atoms with Gasteiger partial charge in [0.2, 0.25) is 5.91 Å². The summed E-state index contributed by atoms with van der Waals surface area (Å²) in [5, 5.41) is 8.31. The van der Waals surface area contributed by atoms with Crippen molar-refractivity contribution in [3.05, 3.63) is 22.4 Å². The van der Waals surface area contributed by atoms with Crippen LogP contribution < -0.4 is 10.6 Å². The highest BCUT2D eigenvalue weighted by Crippen LogP contribution is 2.30. The zero-order valence-corrected chi connectivity index (χ0v) is 14.7. The molecule has 1 atom stereocenters. The Kier molecular flexibility index (Phi) is 11.6. The molecule has 1 amide bonds. The Morgan fingerprint density at radius 3 is 2.62 bits per heavy atom. The molecule has 0 aliphatic carbocycles. The number of halogens is 1. The molecular weight excluding hydrogens is 308 g/mol. The number of nitrogens with one attached hydrogen (secondary N) is 2. The largest absolute Gasteiger partial charge is 0.383 e. The van der Waals surface area contributed by atoms with E-state index in [0.717, 1.165) is 12.8 Å². The third kappa shape index (κ3) is 7.27. The molecule has 0 saturated carbocycles. The molecule has 0 spiro atoms. The van der Waals surface area contributed by atoms with E-state index in [4.69, 9.17) is 4.74 Å². The molecule has 0 aliphatic rings. The van der Waals surface area contributed by atoms with Crippen LogP contribution in [0, 0.1) is 5.92 Å². The average Bonchev–Trinajstić information content (AvgIpc) is 2.97. The number of methoxy groups -OCH3 is 1. The standard InChI is InChI=1S/C15H26N2O2S.ClH/c1-4-12(5-2)15(13-7-6-10-20-13)17-14(18)11-16-8-9-19-3;/h6-7,10,12,15-16H,4-5,8-9,11H2,1-3H3,(H,17,18);1H.